The summed E-state index contributed by atoms with van der Waals surface area (Å²) in [5, 5.41) is 0.431. The van der Waals surface area contributed by atoms with Crippen molar-refractivity contribution in [3.63, 3.8) is 0 Å². The Morgan fingerprint density at radius 2 is 1.75 bits per heavy atom. The minimum absolute atomic E-state index is 0.0670. The molecule has 0 aliphatic heterocycles. The fraction of sp³-hybridized carbons (Fsp3) is 0.400. The number of nitrogens with zero attached hydrogens (tertiary/aromatic N) is 1. The number of alkyl halides is 1. The summed E-state index contributed by atoms with van der Waals surface area (Å²) < 4.78 is 58.9. The van der Waals surface area contributed by atoms with Gasteiger partial charge in [0.15, 0.2) is 35.0 Å². The SMILES string of the molecule is CCOC(=O)C(C=NCCBr)C(=O)c1c(C)c(F)c(F)c(F)c1F. The average Bonchev–Trinajstić information content (AvgIpc) is 2.55. The van der Waals surface area contributed by atoms with Crippen molar-refractivity contribution >= 4 is 33.9 Å². The molecule has 9 heteroatoms. The van der Waals surface area contributed by atoms with Crippen LogP contribution in [0.1, 0.15) is 22.8 Å². The Morgan fingerprint density at radius 3 is 2.29 bits per heavy atom. The van der Waals surface area contributed by atoms with Gasteiger partial charge in [-0.05, 0) is 13.8 Å². The van der Waals surface area contributed by atoms with Gasteiger partial charge in [0.2, 0.25) is 0 Å². The van der Waals surface area contributed by atoms with Gasteiger partial charge in [-0.1, -0.05) is 15.9 Å². The smallest absolute Gasteiger partial charge is 0.322 e. The quantitative estimate of drug-likeness (QED) is 0.101. The van der Waals surface area contributed by atoms with Gasteiger partial charge in [0, 0.05) is 23.7 Å². The van der Waals surface area contributed by atoms with Crippen LogP contribution in [0.4, 0.5) is 17.6 Å². The molecular weight excluding hydrogens is 398 g/mol. The third-order valence-electron chi connectivity index (χ3n) is 3.04. The van der Waals surface area contributed by atoms with E-state index in [1.165, 1.54) is 6.92 Å². The van der Waals surface area contributed by atoms with Crippen LogP contribution >= 0.6 is 15.9 Å². The van der Waals surface area contributed by atoms with E-state index in [0.29, 0.717) is 5.33 Å². The molecule has 0 N–H and O–H groups in total. The van der Waals surface area contributed by atoms with E-state index in [1.54, 1.807) is 0 Å². The summed E-state index contributed by atoms with van der Waals surface area (Å²) in [7, 11) is 0. The lowest BCUT2D eigenvalue weighted by Crippen LogP contribution is -2.30. The van der Waals surface area contributed by atoms with Gasteiger partial charge in [0.1, 0.15) is 0 Å². The topological polar surface area (TPSA) is 55.7 Å². The van der Waals surface area contributed by atoms with Gasteiger partial charge in [-0.2, -0.15) is 0 Å². The van der Waals surface area contributed by atoms with Crippen LogP contribution in [0.3, 0.4) is 0 Å². The highest BCUT2D eigenvalue weighted by Gasteiger charge is 2.34. The van der Waals surface area contributed by atoms with E-state index >= 15 is 0 Å². The van der Waals surface area contributed by atoms with Crippen molar-refractivity contribution in [2.45, 2.75) is 13.8 Å². The van der Waals surface area contributed by atoms with Gasteiger partial charge in [0.05, 0.1) is 12.2 Å². The zero-order valence-corrected chi connectivity index (χ0v) is 14.4. The number of hydrogen-bond acceptors (Lipinski definition) is 4. The van der Waals surface area contributed by atoms with Crippen LogP contribution in [0.15, 0.2) is 4.99 Å². The third-order valence-corrected chi connectivity index (χ3v) is 3.39. The number of benzene rings is 1. The van der Waals surface area contributed by atoms with Gasteiger partial charge in [0.25, 0.3) is 0 Å². The molecule has 0 saturated heterocycles. The number of carbonyl (C=O) groups is 2. The predicted molar refractivity (Wildman–Crippen MR) is 82.6 cm³/mol. The molecule has 1 unspecified atom stereocenters. The van der Waals surface area contributed by atoms with Crippen LogP contribution in [0, 0.1) is 36.1 Å². The second kappa shape index (κ2) is 8.91. The predicted octanol–water partition coefficient (Wildman–Crippen LogP) is 3.38. The monoisotopic (exact) mass is 411 g/mol. The Labute approximate surface area is 144 Å². The van der Waals surface area contributed by atoms with E-state index < -0.39 is 52.1 Å². The maximum absolute atomic E-state index is 13.9. The molecule has 1 aromatic rings. The highest BCUT2D eigenvalue weighted by atomic mass is 79.9. The van der Waals surface area contributed by atoms with Crippen molar-refractivity contribution in [2.75, 3.05) is 18.5 Å². The number of halogens is 5. The summed E-state index contributed by atoms with van der Waals surface area (Å²) in [6, 6.07) is 0. The maximum Gasteiger partial charge on any atom is 0.322 e. The molecule has 4 nitrogen and oxygen atoms in total. The molecule has 0 radical (unpaired) electrons. The van der Waals surface area contributed by atoms with Gasteiger partial charge < -0.3 is 4.74 Å². The molecule has 24 heavy (non-hydrogen) atoms. The number of ether oxygens (including phenoxy) is 1. The van der Waals surface area contributed by atoms with Gasteiger partial charge in [-0.15, -0.1) is 0 Å². The molecule has 0 fully saturated rings. The summed E-state index contributed by atoms with van der Waals surface area (Å²) in [4.78, 5) is 28.1. The van der Waals surface area contributed by atoms with Gasteiger partial charge >= 0.3 is 5.97 Å². The number of aliphatic imine (C=N–C) groups is 1. The Hall–Kier alpha value is -1.77. The number of ketones is 1. The Balaban J connectivity index is 3.41. The van der Waals surface area contributed by atoms with Gasteiger partial charge in [-0.3, -0.25) is 14.6 Å². The molecule has 0 aliphatic carbocycles. The second-order valence-corrected chi connectivity index (χ2v) is 5.39. The number of Topliss-reactive ketones (excluding diaryl/α,β-unsaturated/α-hetero) is 1. The number of hydrogen-bond donors (Lipinski definition) is 0. The molecule has 1 rings (SSSR count). The minimum atomic E-state index is -2.12. The van der Waals surface area contributed by atoms with E-state index in [9.17, 15) is 27.2 Å². The highest BCUT2D eigenvalue weighted by molar-refractivity contribution is 9.09. The van der Waals surface area contributed by atoms with E-state index in [2.05, 4.69) is 20.9 Å². The van der Waals surface area contributed by atoms with Crippen LogP contribution < -0.4 is 0 Å². The molecule has 0 saturated carbocycles. The fourth-order valence-corrected chi connectivity index (χ4v) is 2.09. The number of carbonyl (C=O) groups excluding carboxylic acids is 2. The van der Waals surface area contributed by atoms with Gasteiger partial charge in [-0.25, -0.2) is 17.6 Å². The van der Waals surface area contributed by atoms with E-state index in [0.717, 1.165) is 13.1 Å². The summed E-state index contributed by atoms with van der Waals surface area (Å²) in [6.45, 7) is 2.53. The zero-order chi connectivity index (χ0) is 18.4. The van der Waals surface area contributed by atoms with Crippen molar-refractivity contribution in [3.8, 4) is 0 Å². The van der Waals surface area contributed by atoms with Crippen LogP contribution in [-0.4, -0.2) is 36.4 Å². The second-order valence-electron chi connectivity index (χ2n) is 4.59. The van der Waals surface area contributed by atoms with Crippen molar-refractivity contribution in [1.29, 1.82) is 0 Å². The van der Waals surface area contributed by atoms with Crippen LogP contribution in [0.25, 0.3) is 0 Å². The van der Waals surface area contributed by atoms with Crippen molar-refractivity contribution in [2.24, 2.45) is 10.9 Å². The molecule has 0 bridgehead atoms. The van der Waals surface area contributed by atoms with E-state index in [4.69, 9.17) is 4.74 Å². The maximum atomic E-state index is 13.9. The molecule has 0 spiro atoms. The molecule has 0 aliphatic rings. The van der Waals surface area contributed by atoms with E-state index in [1.807, 2.05) is 0 Å². The van der Waals surface area contributed by atoms with Crippen molar-refractivity contribution in [3.05, 3.63) is 34.4 Å². The lowest BCUT2D eigenvalue weighted by Gasteiger charge is -2.14. The third kappa shape index (κ3) is 4.19. The first-order chi connectivity index (χ1) is 11.3. The number of esters is 1. The first-order valence-electron chi connectivity index (χ1n) is 6.87. The van der Waals surface area contributed by atoms with Crippen LogP contribution in [-0.2, 0) is 9.53 Å². The lowest BCUT2D eigenvalue weighted by atomic mass is 9.94. The molecule has 1 aromatic carbocycles. The molecule has 0 aromatic heterocycles. The minimum Gasteiger partial charge on any atom is -0.465 e. The molecule has 0 amide bonds. The molecule has 132 valence electrons. The summed E-state index contributed by atoms with van der Waals surface area (Å²) in [5.74, 6) is -11.7. The first-order valence-corrected chi connectivity index (χ1v) is 7.99. The Bertz CT molecular complexity index is 650. The largest absolute Gasteiger partial charge is 0.465 e. The summed E-state index contributed by atoms with van der Waals surface area (Å²) >= 11 is 3.08. The number of rotatable bonds is 7. The molecule has 0 heterocycles. The first kappa shape index (κ1) is 20.3. The van der Waals surface area contributed by atoms with Crippen LogP contribution in [0.5, 0.6) is 0 Å². The van der Waals surface area contributed by atoms with Crippen molar-refractivity contribution in [1.82, 2.24) is 0 Å². The lowest BCUT2D eigenvalue weighted by molar-refractivity contribution is -0.143. The van der Waals surface area contributed by atoms with Crippen LogP contribution in [0.2, 0.25) is 0 Å². The fourth-order valence-electron chi connectivity index (χ4n) is 1.89. The van der Waals surface area contributed by atoms with E-state index in [-0.39, 0.29) is 13.2 Å². The normalized spacial score (nSPS) is 12.5. The summed E-state index contributed by atoms with van der Waals surface area (Å²) in [5.41, 5.74) is -1.78. The Morgan fingerprint density at radius 1 is 1.17 bits per heavy atom. The molecule has 1 atom stereocenters. The molecular formula is C15H14BrF4NO3. The summed E-state index contributed by atoms with van der Waals surface area (Å²) in [6.07, 6.45) is 0.916. The standard InChI is InChI=1S/C15H14BrF4NO3/c1-3-24-15(23)8(6-21-5-4-16)14(22)9-7(2)10(17)12(19)13(20)11(9)18/h6,8H,3-5H2,1-2H3. The highest BCUT2D eigenvalue weighted by Crippen LogP contribution is 2.26. The van der Waals surface area contributed by atoms with Crippen molar-refractivity contribution < 1.29 is 31.9 Å². The Kier molecular flexibility index (Phi) is 7.53. The zero-order valence-electron chi connectivity index (χ0n) is 12.8. The average molecular weight is 412 g/mol.